The highest BCUT2D eigenvalue weighted by molar-refractivity contribution is 5.85. The van der Waals surface area contributed by atoms with Crippen LogP contribution < -0.4 is 10.2 Å². The topological polar surface area (TPSA) is 69.0 Å². The highest BCUT2D eigenvalue weighted by Gasteiger charge is 2.09. The van der Waals surface area contributed by atoms with E-state index < -0.39 is 6.09 Å². The zero-order chi connectivity index (χ0) is 17.9. The van der Waals surface area contributed by atoms with E-state index in [9.17, 15) is 9.18 Å². The maximum Gasteiger partial charge on any atom is 0.432 e. The van der Waals surface area contributed by atoms with Gasteiger partial charge in [0.15, 0.2) is 11.6 Å². The first-order valence-corrected chi connectivity index (χ1v) is 7.82. The average Bonchev–Trinajstić information content (AvgIpc) is 3.04. The molecule has 2 aromatic carbocycles. The van der Waals surface area contributed by atoms with Crippen molar-refractivity contribution in [2.75, 3.05) is 5.43 Å². The van der Waals surface area contributed by atoms with Crippen molar-refractivity contribution in [1.82, 2.24) is 14.6 Å². The predicted molar refractivity (Wildman–Crippen MR) is 94.7 cm³/mol. The first-order chi connectivity index (χ1) is 12.7. The summed E-state index contributed by atoms with van der Waals surface area (Å²) < 4.78 is 19.9. The summed E-state index contributed by atoms with van der Waals surface area (Å²) in [5.41, 5.74) is 4.08. The van der Waals surface area contributed by atoms with E-state index in [2.05, 4.69) is 15.4 Å². The van der Waals surface area contributed by atoms with Crippen molar-refractivity contribution in [2.45, 2.75) is 0 Å². The molecule has 1 N–H and O–H groups in total. The van der Waals surface area contributed by atoms with Gasteiger partial charge in [0.05, 0.1) is 17.9 Å². The molecule has 0 fully saturated rings. The van der Waals surface area contributed by atoms with Gasteiger partial charge in [-0.15, -0.1) is 0 Å². The Morgan fingerprint density at radius 2 is 1.81 bits per heavy atom. The van der Waals surface area contributed by atoms with Crippen molar-refractivity contribution < 1.29 is 13.9 Å². The number of nitrogens with zero attached hydrogens (tertiary/aromatic N) is 3. The Morgan fingerprint density at radius 3 is 2.58 bits per heavy atom. The molecule has 4 aromatic rings. The molecule has 7 heteroatoms. The number of amides is 1. The minimum atomic E-state index is -0.706. The zero-order valence-corrected chi connectivity index (χ0v) is 13.5. The van der Waals surface area contributed by atoms with Crippen LogP contribution in [0.5, 0.6) is 5.75 Å². The van der Waals surface area contributed by atoms with Gasteiger partial charge in [0.25, 0.3) is 0 Å². The van der Waals surface area contributed by atoms with E-state index in [0.717, 1.165) is 5.56 Å². The summed E-state index contributed by atoms with van der Waals surface area (Å²) in [5, 5.41) is 0.667. The fraction of sp³-hybridized carbons (Fsp3) is 0. The quantitative estimate of drug-likeness (QED) is 0.608. The minimum Gasteiger partial charge on any atom is -0.406 e. The van der Waals surface area contributed by atoms with Gasteiger partial charge in [-0.2, -0.15) is 0 Å². The van der Waals surface area contributed by atoms with Crippen LogP contribution in [0.3, 0.4) is 0 Å². The van der Waals surface area contributed by atoms with Gasteiger partial charge in [0, 0.05) is 17.1 Å². The SMILES string of the molecule is O=C(Nn1ccc2cc(F)ccc21)Oc1cnc(-c2ccccc2)nc1. The molecule has 26 heavy (non-hydrogen) atoms. The summed E-state index contributed by atoms with van der Waals surface area (Å²) in [4.78, 5) is 20.4. The van der Waals surface area contributed by atoms with Crippen LogP contribution in [0.4, 0.5) is 9.18 Å². The molecule has 6 nitrogen and oxygen atoms in total. The summed E-state index contributed by atoms with van der Waals surface area (Å²) in [6, 6.07) is 15.4. The lowest BCUT2D eigenvalue weighted by atomic mass is 10.2. The Hall–Kier alpha value is -3.74. The van der Waals surface area contributed by atoms with Crippen molar-refractivity contribution in [2.24, 2.45) is 0 Å². The van der Waals surface area contributed by atoms with Gasteiger partial charge < -0.3 is 4.74 Å². The molecule has 4 rings (SSSR count). The van der Waals surface area contributed by atoms with Crippen LogP contribution in [0.25, 0.3) is 22.3 Å². The minimum absolute atomic E-state index is 0.213. The number of benzene rings is 2. The maximum atomic E-state index is 13.2. The molecule has 2 heterocycles. The summed E-state index contributed by atoms with van der Waals surface area (Å²) in [6.07, 6.45) is 3.76. The number of fused-ring (bicyclic) bond motifs is 1. The summed E-state index contributed by atoms with van der Waals surface area (Å²) in [5.74, 6) is 0.412. The van der Waals surface area contributed by atoms with Gasteiger partial charge in [-0.3, -0.25) is 4.68 Å². The molecule has 0 aliphatic rings. The molecule has 0 radical (unpaired) electrons. The molecule has 0 saturated carbocycles. The monoisotopic (exact) mass is 348 g/mol. The van der Waals surface area contributed by atoms with E-state index >= 15 is 0 Å². The lowest BCUT2D eigenvalue weighted by molar-refractivity contribution is 0.211. The first-order valence-electron chi connectivity index (χ1n) is 7.82. The van der Waals surface area contributed by atoms with Crippen LogP contribution in [0, 0.1) is 5.82 Å². The summed E-state index contributed by atoms with van der Waals surface area (Å²) in [7, 11) is 0. The van der Waals surface area contributed by atoms with E-state index in [0.29, 0.717) is 16.7 Å². The van der Waals surface area contributed by atoms with Crippen molar-refractivity contribution in [3.05, 3.63) is 79.0 Å². The van der Waals surface area contributed by atoms with E-state index in [1.807, 2.05) is 30.3 Å². The predicted octanol–water partition coefficient (Wildman–Crippen LogP) is 3.98. The smallest absolute Gasteiger partial charge is 0.406 e. The third kappa shape index (κ3) is 3.23. The van der Waals surface area contributed by atoms with Crippen LogP contribution in [0.2, 0.25) is 0 Å². The third-order valence-corrected chi connectivity index (χ3v) is 3.73. The first kappa shape index (κ1) is 15.8. The Balaban J connectivity index is 1.46. The highest BCUT2D eigenvalue weighted by Crippen LogP contribution is 2.17. The number of hydrogen-bond donors (Lipinski definition) is 1. The zero-order valence-electron chi connectivity index (χ0n) is 13.5. The van der Waals surface area contributed by atoms with E-state index in [1.165, 1.54) is 29.2 Å². The number of aromatic nitrogens is 3. The van der Waals surface area contributed by atoms with Crippen LogP contribution in [-0.4, -0.2) is 20.7 Å². The Labute approximate surface area is 147 Å². The Morgan fingerprint density at radius 1 is 1.04 bits per heavy atom. The molecule has 128 valence electrons. The molecule has 0 aliphatic heterocycles. The van der Waals surface area contributed by atoms with Crippen LogP contribution in [-0.2, 0) is 0 Å². The van der Waals surface area contributed by atoms with Crippen LogP contribution in [0.15, 0.2) is 73.2 Å². The third-order valence-electron chi connectivity index (χ3n) is 3.73. The molecule has 1 amide bonds. The molecular formula is C19H13FN4O2. The van der Waals surface area contributed by atoms with Crippen molar-refractivity contribution in [3.63, 3.8) is 0 Å². The lowest BCUT2D eigenvalue weighted by Crippen LogP contribution is -2.25. The molecular weight excluding hydrogens is 335 g/mol. The summed E-state index contributed by atoms with van der Waals surface area (Å²) >= 11 is 0. The number of nitrogens with one attached hydrogen (secondary N) is 1. The van der Waals surface area contributed by atoms with Gasteiger partial charge in [0.1, 0.15) is 5.82 Å². The average molecular weight is 348 g/mol. The molecule has 0 spiro atoms. The fourth-order valence-corrected chi connectivity index (χ4v) is 2.54. The van der Waals surface area contributed by atoms with E-state index in [-0.39, 0.29) is 11.6 Å². The normalized spacial score (nSPS) is 10.7. The van der Waals surface area contributed by atoms with Gasteiger partial charge >= 0.3 is 6.09 Å². The second-order valence-corrected chi connectivity index (χ2v) is 5.50. The van der Waals surface area contributed by atoms with Gasteiger partial charge in [0.2, 0.25) is 0 Å². The molecule has 0 saturated heterocycles. The van der Waals surface area contributed by atoms with E-state index in [1.54, 1.807) is 18.3 Å². The maximum absolute atomic E-state index is 13.2. The molecule has 0 unspecified atom stereocenters. The molecule has 0 atom stereocenters. The lowest BCUT2D eigenvalue weighted by Gasteiger charge is -2.08. The largest absolute Gasteiger partial charge is 0.432 e. The van der Waals surface area contributed by atoms with Crippen molar-refractivity contribution in [3.8, 4) is 17.1 Å². The second kappa shape index (κ2) is 6.64. The number of carbonyl (C=O) groups excluding carboxylic acids is 1. The molecule has 0 bridgehead atoms. The standard InChI is InChI=1S/C19H13FN4O2/c20-15-6-7-17-14(10-15)8-9-24(17)23-19(25)26-16-11-21-18(22-12-16)13-4-2-1-3-5-13/h1-12H,(H,23,25). The number of ether oxygens (including phenoxy) is 1. The number of hydrogen-bond acceptors (Lipinski definition) is 4. The Bertz CT molecular complexity index is 1060. The molecule has 2 aromatic heterocycles. The molecule has 0 aliphatic carbocycles. The summed E-state index contributed by atoms with van der Waals surface area (Å²) in [6.45, 7) is 0. The van der Waals surface area contributed by atoms with Gasteiger partial charge in [-0.25, -0.2) is 24.6 Å². The van der Waals surface area contributed by atoms with Crippen LogP contribution in [0.1, 0.15) is 0 Å². The number of halogens is 1. The Kier molecular flexibility index (Phi) is 4.03. The van der Waals surface area contributed by atoms with Crippen molar-refractivity contribution in [1.29, 1.82) is 0 Å². The fourth-order valence-electron chi connectivity index (χ4n) is 2.54. The second-order valence-electron chi connectivity index (χ2n) is 5.50. The number of rotatable bonds is 3. The number of carbonyl (C=O) groups is 1. The van der Waals surface area contributed by atoms with Crippen molar-refractivity contribution >= 4 is 17.0 Å². The highest BCUT2D eigenvalue weighted by atomic mass is 19.1. The van der Waals surface area contributed by atoms with E-state index in [4.69, 9.17) is 4.74 Å². The van der Waals surface area contributed by atoms with Gasteiger partial charge in [-0.1, -0.05) is 30.3 Å². The van der Waals surface area contributed by atoms with Gasteiger partial charge in [-0.05, 0) is 24.3 Å². The van der Waals surface area contributed by atoms with Crippen LogP contribution >= 0.6 is 0 Å².